The fraction of sp³-hybridized carbons (Fsp3) is 0.455. The van der Waals surface area contributed by atoms with E-state index in [1.165, 1.54) is 6.07 Å². The molecule has 0 bridgehead atoms. The molecular weight excluding hydrogens is 205 g/mol. The van der Waals surface area contributed by atoms with Crippen LogP contribution < -0.4 is 4.74 Å². The first-order chi connectivity index (χ1) is 6.97. The molecule has 82 valence electrons. The van der Waals surface area contributed by atoms with E-state index in [9.17, 15) is 13.2 Å². The van der Waals surface area contributed by atoms with E-state index in [1.54, 1.807) is 0 Å². The molecule has 0 saturated heterocycles. The minimum atomic E-state index is -4.29. The topological polar surface area (TPSA) is 9.23 Å². The molecule has 1 atom stereocenters. The third kappa shape index (κ3) is 2.08. The molecule has 1 aliphatic heterocycles. The van der Waals surface area contributed by atoms with Crippen molar-refractivity contribution in [1.29, 1.82) is 0 Å². The minimum absolute atomic E-state index is 0.000911. The van der Waals surface area contributed by atoms with E-state index in [4.69, 9.17) is 4.74 Å². The Morgan fingerprint density at radius 3 is 2.73 bits per heavy atom. The van der Waals surface area contributed by atoms with Gasteiger partial charge in [0.2, 0.25) is 0 Å². The van der Waals surface area contributed by atoms with Crippen LogP contribution in [0.5, 0.6) is 5.75 Å². The maximum absolute atomic E-state index is 12.4. The number of hydrogen-bond donors (Lipinski definition) is 0. The van der Waals surface area contributed by atoms with E-state index >= 15 is 0 Å². The summed E-state index contributed by atoms with van der Waals surface area (Å²) in [6, 6.07) is 3.70. The van der Waals surface area contributed by atoms with Crippen LogP contribution in [0.25, 0.3) is 0 Å². The molecule has 0 aromatic heterocycles. The second-order valence-electron chi connectivity index (χ2n) is 3.79. The van der Waals surface area contributed by atoms with E-state index in [0.29, 0.717) is 5.75 Å². The Labute approximate surface area is 85.9 Å². The monoisotopic (exact) mass is 216 g/mol. The predicted molar refractivity (Wildman–Crippen MR) is 49.9 cm³/mol. The molecular formula is C11H11F3O. The second-order valence-corrected chi connectivity index (χ2v) is 3.79. The van der Waals surface area contributed by atoms with Crippen molar-refractivity contribution in [2.45, 2.75) is 32.0 Å². The lowest BCUT2D eigenvalue weighted by Gasteiger charge is -2.24. The molecule has 0 aliphatic carbocycles. The number of halogens is 3. The van der Waals surface area contributed by atoms with Crippen molar-refractivity contribution >= 4 is 0 Å². The molecule has 0 amide bonds. The molecule has 0 N–H and O–H groups in total. The summed E-state index contributed by atoms with van der Waals surface area (Å²) in [7, 11) is 0. The quantitative estimate of drug-likeness (QED) is 0.645. The summed E-state index contributed by atoms with van der Waals surface area (Å²) < 4.78 is 42.6. The van der Waals surface area contributed by atoms with Crippen molar-refractivity contribution in [2.24, 2.45) is 0 Å². The molecule has 1 aromatic carbocycles. The van der Waals surface area contributed by atoms with Gasteiger partial charge < -0.3 is 4.74 Å². The van der Waals surface area contributed by atoms with Crippen LogP contribution in [0.1, 0.15) is 24.5 Å². The highest BCUT2D eigenvalue weighted by Gasteiger charge is 2.32. The smallest absolute Gasteiger partial charge is 0.416 e. The zero-order chi connectivity index (χ0) is 11.1. The summed E-state index contributed by atoms with van der Waals surface area (Å²) >= 11 is 0. The van der Waals surface area contributed by atoms with Crippen molar-refractivity contribution in [1.82, 2.24) is 0 Å². The van der Waals surface area contributed by atoms with Crippen LogP contribution >= 0.6 is 0 Å². The number of aryl methyl sites for hydroxylation is 1. The average Bonchev–Trinajstić information content (AvgIpc) is 2.15. The van der Waals surface area contributed by atoms with Gasteiger partial charge in [-0.15, -0.1) is 0 Å². The number of rotatable bonds is 0. The van der Waals surface area contributed by atoms with Gasteiger partial charge in [0.1, 0.15) is 5.75 Å². The lowest BCUT2D eigenvalue weighted by molar-refractivity contribution is -0.137. The molecule has 4 heteroatoms. The largest absolute Gasteiger partial charge is 0.490 e. The highest BCUT2D eigenvalue weighted by Crippen LogP contribution is 2.35. The van der Waals surface area contributed by atoms with Crippen LogP contribution in [-0.4, -0.2) is 6.10 Å². The standard InChI is InChI=1S/C11H11F3O/c1-7-2-3-8-4-5-9(11(12,13)14)6-10(8)15-7/h4-7H,2-3H2,1H3. The summed E-state index contributed by atoms with van der Waals surface area (Å²) in [6.07, 6.45) is -2.65. The third-order valence-corrected chi connectivity index (χ3v) is 2.54. The Kier molecular flexibility index (Phi) is 2.37. The molecule has 1 nitrogen and oxygen atoms in total. The van der Waals surface area contributed by atoms with Gasteiger partial charge in [0, 0.05) is 0 Å². The molecule has 0 fully saturated rings. The van der Waals surface area contributed by atoms with Crippen LogP contribution in [-0.2, 0) is 12.6 Å². The summed E-state index contributed by atoms with van der Waals surface area (Å²) in [6.45, 7) is 1.86. The Morgan fingerprint density at radius 2 is 2.07 bits per heavy atom. The second kappa shape index (κ2) is 3.43. The van der Waals surface area contributed by atoms with Crippen molar-refractivity contribution in [3.8, 4) is 5.75 Å². The van der Waals surface area contributed by atoms with Gasteiger partial charge >= 0.3 is 6.18 Å². The maximum Gasteiger partial charge on any atom is 0.416 e. The van der Waals surface area contributed by atoms with Gasteiger partial charge in [-0.3, -0.25) is 0 Å². The normalized spacial score (nSPS) is 20.7. The fourth-order valence-electron chi connectivity index (χ4n) is 1.68. The van der Waals surface area contributed by atoms with Gasteiger partial charge in [0.25, 0.3) is 0 Å². The van der Waals surface area contributed by atoms with Crippen molar-refractivity contribution < 1.29 is 17.9 Å². The van der Waals surface area contributed by atoms with Crippen LogP contribution in [0.2, 0.25) is 0 Å². The number of fused-ring (bicyclic) bond motifs is 1. The zero-order valence-corrected chi connectivity index (χ0v) is 8.27. The molecule has 1 aromatic rings. The molecule has 0 saturated carbocycles. The van der Waals surface area contributed by atoms with Gasteiger partial charge in [0.05, 0.1) is 11.7 Å². The van der Waals surface area contributed by atoms with Crippen LogP contribution in [0.15, 0.2) is 18.2 Å². The highest BCUT2D eigenvalue weighted by molar-refractivity contribution is 5.40. The number of ether oxygens (including phenoxy) is 1. The minimum Gasteiger partial charge on any atom is -0.490 e. The Morgan fingerprint density at radius 1 is 1.33 bits per heavy atom. The SMILES string of the molecule is CC1CCc2ccc(C(F)(F)F)cc2O1. The van der Waals surface area contributed by atoms with Crippen molar-refractivity contribution in [3.05, 3.63) is 29.3 Å². The zero-order valence-electron chi connectivity index (χ0n) is 8.27. The summed E-state index contributed by atoms with van der Waals surface area (Å²) in [5, 5.41) is 0. The lowest BCUT2D eigenvalue weighted by Crippen LogP contribution is -2.19. The average molecular weight is 216 g/mol. The maximum atomic E-state index is 12.4. The summed E-state index contributed by atoms with van der Waals surface area (Å²) in [5.74, 6) is 0.378. The van der Waals surface area contributed by atoms with Crippen LogP contribution in [0, 0.1) is 0 Å². The van der Waals surface area contributed by atoms with Gasteiger partial charge in [-0.2, -0.15) is 13.2 Å². The number of benzene rings is 1. The molecule has 1 unspecified atom stereocenters. The van der Waals surface area contributed by atoms with Crippen molar-refractivity contribution in [3.63, 3.8) is 0 Å². The number of hydrogen-bond acceptors (Lipinski definition) is 1. The van der Waals surface area contributed by atoms with E-state index in [0.717, 1.165) is 30.5 Å². The molecule has 0 spiro atoms. The molecule has 2 rings (SSSR count). The third-order valence-electron chi connectivity index (χ3n) is 2.54. The Hall–Kier alpha value is -1.19. The summed E-state index contributed by atoms with van der Waals surface area (Å²) in [5.41, 5.74) is 0.219. The van der Waals surface area contributed by atoms with Gasteiger partial charge in [-0.25, -0.2) is 0 Å². The first-order valence-corrected chi connectivity index (χ1v) is 4.83. The number of alkyl halides is 3. The molecule has 15 heavy (non-hydrogen) atoms. The predicted octanol–water partition coefficient (Wildman–Crippen LogP) is 3.42. The van der Waals surface area contributed by atoms with E-state index in [-0.39, 0.29) is 6.10 Å². The van der Waals surface area contributed by atoms with E-state index in [1.807, 2.05) is 6.92 Å². The van der Waals surface area contributed by atoms with E-state index in [2.05, 4.69) is 0 Å². The van der Waals surface area contributed by atoms with Crippen LogP contribution in [0.3, 0.4) is 0 Å². The molecule has 1 aliphatic rings. The first-order valence-electron chi connectivity index (χ1n) is 4.83. The summed E-state index contributed by atoms with van der Waals surface area (Å²) in [4.78, 5) is 0. The first kappa shape index (κ1) is 10.3. The molecule has 0 radical (unpaired) electrons. The van der Waals surface area contributed by atoms with Gasteiger partial charge in [-0.05, 0) is 37.5 Å². The van der Waals surface area contributed by atoms with Crippen LogP contribution in [0.4, 0.5) is 13.2 Å². The highest BCUT2D eigenvalue weighted by atomic mass is 19.4. The van der Waals surface area contributed by atoms with Gasteiger partial charge in [-0.1, -0.05) is 6.07 Å². The van der Waals surface area contributed by atoms with E-state index < -0.39 is 11.7 Å². The Balaban J connectivity index is 2.37. The van der Waals surface area contributed by atoms with Crippen molar-refractivity contribution in [2.75, 3.05) is 0 Å². The Bertz CT molecular complexity index is 371. The lowest BCUT2D eigenvalue weighted by atomic mass is 10.0. The van der Waals surface area contributed by atoms with Gasteiger partial charge in [0.15, 0.2) is 0 Å². The molecule has 1 heterocycles. The fourth-order valence-corrected chi connectivity index (χ4v) is 1.68.